The minimum Gasteiger partial charge on any atom is -0.381 e. The van der Waals surface area contributed by atoms with E-state index in [1.807, 2.05) is 0 Å². The van der Waals surface area contributed by atoms with E-state index in [-0.39, 0.29) is 0 Å². The first-order valence-corrected chi connectivity index (χ1v) is 12.1. The summed E-state index contributed by atoms with van der Waals surface area (Å²) in [6.07, 6.45) is 18.2. The molecule has 0 aliphatic heterocycles. The monoisotopic (exact) mass is 400 g/mol. The van der Waals surface area contributed by atoms with E-state index in [1.54, 1.807) is 0 Å². The molecule has 0 spiro atoms. The second kappa shape index (κ2) is 23.1. The smallest absolute Gasteiger partial charge is 0.0466 e. The van der Waals surface area contributed by atoms with E-state index in [1.165, 1.54) is 103 Å². The first kappa shape index (κ1) is 27.8. The molecule has 0 aromatic carbocycles. The summed E-state index contributed by atoms with van der Waals surface area (Å²) in [5, 5.41) is 0. The van der Waals surface area contributed by atoms with Gasteiger partial charge in [-0.25, -0.2) is 0 Å². The van der Waals surface area contributed by atoms with Crippen LogP contribution < -0.4 is 0 Å². The van der Waals surface area contributed by atoms with Gasteiger partial charge in [0.2, 0.25) is 0 Å². The second-order valence-corrected chi connectivity index (χ2v) is 8.78. The summed E-state index contributed by atoms with van der Waals surface area (Å²) >= 11 is 0. The Balaban J connectivity index is 3.00. The van der Waals surface area contributed by atoms with Gasteiger partial charge in [-0.2, -0.15) is 0 Å². The van der Waals surface area contributed by atoms with Crippen molar-refractivity contribution in [1.82, 2.24) is 9.80 Å². The van der Waals surface area contributed by atoms with Crippen molar-refractivity contribution in [3.63, 3.8) is 0 Å². The molecule has 0 amide bonds. The van der Waals surface area contributed by atoms with Crippen LogP contribution in [0.15, 0.2) is 0 Å². The van der Waals surface area contributed by atoms with Gasteiger partial charge in [0.15, 0.2) is 0 Å². The molecule has 0 N–H and O–H groups in total. The van der Waals surface area contributed by atoms with Gasteiger partial charge in [-0.15, -0.1) is 0 Å². The van der Waals surface area contributed by atoms with Crippen molar-refractivity contribution < 1.29 is 9.47 Å². The van der Waals surface area contributed by atoms with Gasteiger partial charge in [-0.3, -0.25) is 0 Å². The molecular weight excluding hydrogens is 348 g/mol. The molecule has 0 rings (SSSR count). The quantitative estimate of drug-likeness (QED) is 0.208. The van der Waals surface area contributed by atoms with E-state index in [2.05, 4.69) is 38.0 Å². The van der Waals surface area contributed by atoms with Crippen LogP contribution in [0.3, 0.4) is 0 Å². The third-order valence-electron chi connectivity index (χ3n) is 5.12. The summed E-state index contributed by atoms with van der Waals surface area (Å²) in [4.78, 5) is 4.51. The third kappa shape index (κ3) is 25.8. The summed E-state index contributed by atoms with van der Waals surface area (Å²) in [7, 11) is 8.56. The zero-order valence-corrected chi connectivity index (χ0v) is 19.9. The van der Waals surface area contributed by atoms with Gasteiger partial charge in [-0.05, 0) is 92.6 Å². The maximum atomic E-state index is 5.73. The fraction of sp³-hybridized carbons (Fsp3) is 1.00. The minimum atomic E-state index is 0.950. The predicted octanol–water partition coefficient (Wildman–Crippen LogP) is 5.60. The lowest BCUT2D eigenvalue weighted by Gasteiger charge is -2.09. The van der Waals surface area contributed by atoms with Gasteiger partial charge in [0.1, 0.15) is 0 Å². The highest BCUT2D eigenvalue weighted by molar-refractivity contribution is 4.49. The fourth-order valence-electron chi connectivity index (χ4n) is 3.29. The fourth-order valence-corrected chi connectivity index (χ4v) is 3.29. The molecule has 0 aromatic heterocycles. The Kier molecular flexibility index (Phi) is 23.0. The normalized spacial score (nSPS) is 11.8. The van der Waals surface area contributed by atoms with Crippen LogP contribution in [-0.2, 0) is 9.47 Å². The number of unbranched alkanes of at least 4 members (excludes halogenated alkanes) is 11. The molecule has 0 aliphatic rings. The van der Waals surface area contributed by atoms with Crippen LogP contribution in [0.25, 0.3) is 0 Å². The third-order valence-corrected chi connectivity index (χ3v) is 5.12. The Morgan fingerprint density at radius 1 is 0.357 bits per heavy atom. The summed E-state index contributed by atoms with van der Waals surface area (Å²) in [5.74, 6) is 0. The number of hydrogen-bond acceptors (Lipinski definition) is 4. The molecular formula is C24H52N2O2. The van der Waals surface area contributed by atoms with E-state index >= 15 is 0 Å². The Morgan fingerprint density at radius 3 is 0.893 bits per heavy atom. The van der Waals surface area contributed by atoms with Crippen LogP contribution >= 0.6 is 0 Å². The molecule has 0 bridgehead atoms. The van der Waals surface area contributed by atoms with Crippen LogP contribution in [0.1, 0.15) is 89.9 Å². The highest BCUT2D eigenvalue weighted by atomic mass is 16.5. The molecule has 0 aliphatic carbocycles. The maximum absolute atomic E-state index is 5.73. The molecule has 0 saturated carbocycles. The van der Waals surface area contributed by atoms with Crippen molar-refractivity contribution in [2.75, 3.05) is 67.7 Å². The van der Waals surface area contributed by atoms with Gasteiger partial charge in [0.05, 0.1) is 0 Å². The Labute approximate surface area is 177 Å². The zero-order chi connectivity index (χ0) is 20.7. The molecule has 4 nitrogen and oxygen atoms in total. The number of nitrogens with zero attached hydrogens (tertiary/aromatic N) is 2. The summed E-state index contributed by atoms with van der Waals surface area (Å²) < 4.78 is 11.5. The molecule has 170 valence electrons. The van der Waals surface area contributed by atoms with E-state index in [0.717, 1.165) is 26.4 Å². The van der Waals surface area contributed by atoms with Crippen molar-refractivity contribution in [2.45, 2.75) is 89.9 Å². The Hall–Kier alpha value is -0.160. The maximum Gasteiger partial charge on any atom is 0.0466 e. The van der Waals surface area contributed by atoms with Gasteiger partial charge < -0.3 is 19.3 Å². The molecule has 0 aromatic rings. The molecule has 0 heterocycles. The first-order chi connectivity index (χ1) is 13.6. The second-order valence-electron chi connectivity index (χ2n) is 8.78. The van der Waals surface area contributed by atoms with Crippen LogP contribution in [0.2, 0.25) is 0 Å². The van der Waals surface area contributed by atoms with Crippen LogP contribution in [0, 0.1) is 0 Å². The van der Waals surface area contributed by atoms with Crippen molar-refractivity contribution >= 4 is 0 Å². The van der Waals surface area contributed by atoms with E-state index < -0.39 is 0 Å². The van der Waals surface area contributed by atoms with Crippen molar-refractivity contribution in [3.05, 3.63) is 0 Å². The summed E-state index contributed by atoms with van der Waals surface area (Å²) in [6.45, 7) is 6.21. The van der Waals surface area contributed by atoms with Gasteiger partial charge in [-0.1, -0.05) is 38.5 Å². The molecule has 4 heteroatoms. The van der Waals surface area contributed by atoms with Crippen molar-refractivity contribution in [3.8, 4) is 0 Å². The number of hydrogen-bond donors (Lipinski definition) is 0. The topological polar surface area (TPSA) is 24.9 Å². The lowest BCUT2D eigenvalue weighted by atomic mass is 10.1. The Bertz CT molecular complexity index is 258. The van der Waals surface area contributed by atoms with E-state index in [0.29, 0.717) is 0 Å². The number of rotatable bonds is 23. The van der Waals surface area contributed by atoms with Gasteiger partial charge in [0, 0.05) is 26.4 Å². The largest absolute Gasteiger partial charge is 0.381 e. The summed E-state index contributed by atoms with van der Waals surface area (Å²) in [6, 6.07) is 0. The number of ether oxygens (including phenoxy) is 2. The first-order valence-electron chi connectivity index (χ1n) is 12.1. The zero-order valence-electron chi connectivity index (χ0n) is 19.9. The molecule has 0 saturated heterocycles. The predicted molar refractivity (Wildman–Crippen MR) is 123 cm³/mol. The van der Waals surface area contributed by atoms with Crippen LogP contribution in [0.5, 0.6) is 0 Å². The van der Waals surface area contributed by atoms with E-state index in [9.17, 15) is 0 Å². The Morgan fingerprint density at radius 2 is 0.607 bits per heavy atom. The standard InChI is InChI=1S/C24H52N2O2/c1-25(2)19-13-11-17-23-27-21-15-9-7-5-6-8-10-16-22-28-24-18-12-14-20-26(3)4/h5-24H2,1-4H3. The summed E-state index contributed by atoms with van der Waals surface area (Å²) in [5.41, 5.74) is 0. The van der Waals surface area contributed by atoms with Gasteiger partial charge >= 0.3 is 0 Å². The van der Waals surface area contributed by atoms with Gasteiger partial charge in [0.25, 0.3) is 0 Å². The molecule has 0 fully saturated rings. The van der Waals surface area contributed by atoms with Crippen molar-refractivity contribution in [2.24, 2.45) is 0 Å². The minimum absolute atomic E-state index is 0.950. The highest BCUT2D eigenvalue weighted by Gasteiger charge is 1.96. The average molecular weight is 401 g/mol. The van der Waals surface area contributed by atoms with E-state index in [4.69, 9.17) is 9.47 Å². The highest BCUT2D eigenvalue weighted by Crippen LogP contribution is 2.09. The molecule has 0 radical (unpaired) electrons. The lowest BCUT2D eigenvalue weighted by molar-refractivity contribution is 0.124. The molecule has 0 atom stereocenters. The lowest BCUT2D eigenvalue weighted by Crippen LogP contribution is -2.12. The van der Waals surface area contributed by atoms with Crippen molar-refractivity contribution in [1.29, 1.82) is 0 Å². The SMILES string of the molecule is CN(C)CCCCCOCCCCCCCCCCOCCCCCN(C)C. The molecule has 0 unspecified atom stereocenters. The average Bonchev–Trinajstić information content (AvgIpc) is 2.65. The van der Waals surface area contributed by atoms with Crippen LogP contribution in [-0.4, -0.2) is 77.5 Å². The van der Waals surface area contributed by atoms with Crippen LogP contribution in [0.4, 0.5) is 0 Å². The molecule has 28 heavy (non-hydrogen) atoms.